The Morgan fingerprint density at radius 1 is 1.45 bits per heavy atom. The lowest BCUT2D eigenvalue weighted by atomic mass is 10.1. The second kappa shape index (κ2) is 6.78. The first-order valence-electron chi connectivity index (χ1n) is 5.41. The third-order valence-electron chi connectivity index (χ3n) is 2.17. The van der Waals surface area contributed by atoms with Crippen LogP contribution in [0.15, 0.2) is 12.1 Å². The summed E-state index contributed by atoms with van der Waals surface area (Å²) >= 11 is 1.70. The van der Waals surface area contributed by atoms with Gasteiger partial charge in [0.15, 0.2) is 0 Å². The predicted molar refractivity (Wildman–Crippen MR) is 70.9 cm³/mol. The van der Waals surface area contributed by atoms with Gasteiger partial charge in [-0.15, -0.1) is 13.2 Å². The zero-order valence-electron chi connectivity index (χ0n) is 10.3. The maximum absolute atomic E-state index is 12.3. The maximum Gasteiger partial charge on any atom is 0.573 e. The molecule has 0 radical (unpaired) electrons. The molecule has 1 aromatic rings. The monoisotopic (exact) mass is 399 g/mol. The quantitative estimate of drug-likeness (QED) is 0.577. The van der Waals surface area contributed by atoms with E-state index in [4.69, 9.17) is 10.00 Å². The highest BCUT2D eigenvalue weighted by atomic mass is 127. The molecule has 1 aromatic carbocycles. The molecular weight excluding hydrogens is 390 g/mol. The molecule has 0 fully saturated rings. The van der Waals surface area contributed by atoms with Crippen LogP contribution in [-0.2, 0) is 16.0 Å². The van der Waals surface area contributed by atoms with Crippen molar-refractivity contribution in [1.82, 2.24) is 0 Å². The van der Waals surface area contributed by atoms with Crippen molar-refractivity contribution in [3.05, 3.63) is 26.8 Å². The summed E-state index contributed by atoms with van der Waals surface area (Å²) in [5.74, 6) is -1.19. The summed E-state index contributed by atoms with van der Waals surface area (Å²) in [4.78, 5) is 11.4. The molecule has 0 bridgehead atoms. The van der Waals surface area contributed by atoms with Gasteiger partial charge in [0.1, 0.15) is 11.8 Å². The van der Waals surface area contributed by atoms with Crippen molar-refractivity contribution in [3.63, 3.8) is 0 Å². The molecule has 1 rings (SSSR count). The van der Waals surface area contributed by atoms with Gasteiger partial charge in [0.2, 0.25) is 0 Å². The lowest BCUT2D eigenvalue weighted by Gasteiger charge is -2.15. The Morgan fingerprint density at radius 3 is 2.60 bits per heavy atom. The fraction of sp³-hybridized carbons (Fsp3) is 0.333. The van der Waals surface area contributed by atoms with Crippen LogP contribution in [0, 0.1) is 14.9 Å². The number of halogens is 4. The summed E-state index contributed by atoms with van der Waals surface area (Å²) in [7, 11) is 0. The van der Waals surface area contributed by atoms with Crippen molar-refractivity contribution in [2.24, 2.45) is 0 Å². The van der Waals surface area contributed by atoms with E-state index in [1.807, 2.05) is 6.07 Å². The average molecular weight is 399 g/mol. The molecule has 0 aliphatic heterocycles. The lowest BCUT2D eigenvalue weighted by molar-refractivity contribution is -0.275. The molecule has 0 unspecified atom stereocenters. The molecule has 0 spiro atoms. The van der Waals surface area contributed by atoms with Gasteiger partial charge in [-0.25, -0.2) is 0 Å². The topological polar surface area (TPSA) is 59.3 Å². The van der Waals surface area contributed by atoms with Crippen molar-refractivity contribution in [2.45, 2.75) is 19.7 Å². The highest BCUT2D eigenvalue weighted by molar-refractivity contribution is 14.1. The van der Waals surface area contributed by atoms with Crippen LogP contribution in [0.25, 0.3) is 0 Å². The summed E-state index contributed by atoms with van der Waals surface area (Å²) in [5, 5.41) is 8.87. The summed E-state index contributed by atoms with van der Waals surface area (Å²) in [6.07, 6.45) is -5.27. The standard InChI is InChI=1S/C12H9F3INO3/c1-2-19-10(18)5-8-9(20-12(13,14)15)4-3-7(6-17)11(8)16/h3-4H,2,5H2,1H3. The molecule has 0 aliphatic rings. The molecule has 0 amide bonds. The number of nitrogens with zero attached hydrogens (tertiary/aromatic N) is 1. The number of carbonyl (C=O) groups excluding carboxylic acids is 1. The Hall–Kier alpha value is -1.50. The van der Waals surface area contributed by atoms with Gasteiger partial charge in [0.25, 0.3) is 0 Å². The minimum atomic E-state index is -4.87. The predicted octanol–water partition coefficient (Wildman–Crippen LogP) is 3.17. The van der Waals surface area contributed by atoms with Gasteiger partial charge >= 0.3 is 12.3 Å². The van der Waals surface area contributed by atoms with E-state index >= 15 is 0 Å². The van der Waals surface area contributed by atoms with Crippen molar-refractivity contribution in [2.75, 3.05) is 6.61 Å². The van der Waals surface area contributed by atoms with Crippen LogP contribution in [0.3, 0.4) is 0 Å². The van der Waals surface area contributed by atoms with E-state index in [-0.39, 0.29) is 21.3 Å². The number of hydrogen-bond donors (Lipinski definition) is 0. The average Bonchev–Trinajstić information content (AvgIpc) is 2.32. The minimum Gasteiger partial charge on any atom is -0.466 e. The SMILES string of the molecule is CCOC(=O)Cc1c(OC(F)(F)F)ccc(C#N)c1I. The van der Waals surface area contributed by atoms with E-state index in [1.165, 1.54) is 6.07 Å². The first-order chi connectivity index (χ1) is 9.28. The van der Waals surface area contributed by atoms with Gasteiger partial charge in [-0.2, -0.15) is 5.26 Å². The number of rotatable bonds is 4. The van der Waals surface area contributed by atoms with Gasteiger partial charge in [-0.3, -0.25) is 4.79 Å². The lowest BCUT2D eigenvalue weighted by Crippen LogP contribution is -2.20. The largest absolute Gasteiger partial charge is 0.573 e. The van der Waals surface area contributed by atoms with Crippen LogP contribution in [-0.4, -0.2) is 18.9 Å². The zero-order chi connectivity index (χ0) is 15.3. The highest BCUT2D eigenvalue weighted by Gasteiger charge is 2.33. The molecule has 0 heterocycles. The van der Waals surface area contributed by atoms with Crippen molar-refractivity contribution in [1.29, 1.82) is 5.26 Å². The Bertz CT molecular complexity index is 552. The van der Waals surface area contributed by atoms with Crippen LogP contribution >= 0.6 is 22.6 Å². The summed E-state index contributed by atoms with van der Waals surface area (Å²) in [5.41, 5.74) is 0.153. The number of nitriles is 1. The molecular formula is C12H9F3INO3. The van der Waals surface area contributed by atoms with Crippen molar-refractivity contribution < 1.29 is 27.4 Å². The summed E-state index contributed by atoms with van der Waals surface area (Å²) in [6.45, 7) is 1.70. The molecule has 0 atom stereocenters. The fourth-order valence-electron chi connectivity index (χ4n) is 1.43. The number of ether oxygens (including phenoxy) is 2. The van der Waals surface area contributed by atoms with E-state index in [9.17, 15) is 18.0 Å². The second-order valence-electron chi connectivity index (χ2n) is 3.55. The third kappa shape index (κ3) is 4.56. The second-order valence-corrected chi connectivity index (χ2v) is 4.62. The molecule has 4 nitrogen and oxygen atoms in total. The number of alkyl halides is 3. The molecule has 8 heteroatoms. The van der Waals surface area contributed by atoms with Crippen LogP contribution < -0.4 is 4.74 Å². The molecule has 0 aliphatic carbocycles. The summed E-state index contributed by atoms with van der Waals surface area (Å²) < 4.78 is 45.7. The number of hydrogen-bond acceptors (Lipinski definition) is 4. The Morgan fingerprint density at radius 2 is 2.10 bits per heavy atom. The van der Waals surface area contributed by atoms with Gasteiger partial charge in [-0.05, 0) is 41.6 Å². The van der Waals surface area contributed by atoms with Gasteiger partial charge in [0, 0.05) is 9.13 Å². The van der Waals surface area contributed by atoms with Crippen molar-refractivity contribution in [3.8, 4) is 11.8 Å². The van der Waals surface area contributed by atoms with E-state index < -0.39 is 24.5 Å². The summed E-state index contributed by atoms with van der Waals surface area (Å²) in [6, 6.07) is 4.06. The zero-order valence-corrected chi connectivity index (χ0v) is 12.4. The van der Waals surface area contributed by atoms with E-state index in [1.54, 1.807) is 29.5 Å². The van der Waals surface area contributed by atoms with Crippen LogP contribution in [0.5, 0.6) is 5.75 Å². The normalized spacial score (nSPS) is 10.8. The molecule has 20 heavy (non-hydrogen) atoms. The smallest absolute Gasteiger partial charge is 0.466 e. The van der Waals surface area contributed by atoms with Crippen LogP contribution in [0.2, 0.25) is 0 Å². The van der Waals surface area contributed by atoms with Gasteiger partial charge < -0.3 is 9.47 Å². The molecule has 0 aromatic heterocycles. The highest BCUT2D eigenvalue weighted by Crippen LogP contribution is 2.31. The van der Waals surface area contributed by atoms with E-state index in [2.05, 4.69) is 4.74 Å². The minimum absolute atomic E-state index is 0.0135. The number of benzene rings is 1. The van der Waals surface area contributed by atoms with Gasteiger partial charge in [-0.1, -0.05) is 0 Å². The van der Waals surface area contributed by atoms with Crippen molar-refractivity contribution >= 4 is 28.6 Å². The van der Waals surface area contributed by atoms with E-state index in [0.29, 0.717) is 0 Å². The molecule has 0 saturated carbocycles. The first kappa shape index (κ1) is 16.6. The first-order valence-corrected chi connectivity index (χ1v) is 6.49. The number of esters is 1. The molecule has 0 N–H and O–H groups in total. The maximum atomic E-state index is 12.3. The third-order valence-corrected chi connectivity index (χ3v) is 3.40. The van der Waals surface area contributed by atoms with Crippen LogP contribution in [0.1, 0.15) is 18.1 Å². The van der Waals surface area contributed by atoms with Gasteiger partial charge in [0.05, 0.1) is 18.6 Å². The Kier molecular flexibility index (Phi) is 5.62. The fourth-order valence-corrected chi connectivity index (χ4v) is 2.19. The molecule has 0 saturated heterocycles. The Balaban J connectivity index is 3.21. The Labute approximate surface area is 126 Å². The number of carbonyl (C=O) groups is 1. The van der Waals surface area contributed by atoms with Crippen LogP contribution in [0.4, 0.5) is 13.2 Å². The molecule has 108 valence electrons. The van der Waals surface area contributed by atoms with E-state index in [0.717, 1.165) is 6.07 Å².